The molecule has 7 heteroatoms. The minimum atomic E-state index is 0.717. The molecule has 2 aromatic carbocycles. The molecule has 0 spiro atoms. The lowest BCUT2D eigenvalue weighted by Gasteiger charge is -2.07. The molecule has 0 saturated heterocycles. The summed E-state index contributed by atoms with van der Waals surface area (Å²) in [6.07, 6.45) is 15.3. The number of benzene rings is 2. The van der Waals surface area contributed by atoms with Crippen LogP contribution in [0.1, 0.15) is 33.9 Å². The van der Waals surface area contributed by atoms with E-state index in [4.69, 9.17) is 15.0 Å². The first-order valence-corrected chi connectivity index (χ1v) is 18.3. The van der Waals surface area contributed by atoms with Gasteiger partial charge in [0.15, 0.2) is 0 Å². The molecule has 8 bridgehead atoms. The van der Waals surface area contributed by atoms with Crippen molar-refractivity contribution in [1.82, 2.24) is 34.9 Å². The van der Waals surface area contributed by atoms with E-state index in [0.717, 1.165) is 101 Å². The molecule has 0 fully saturated rings. The van der Waals surface area contributed by atoms with Crippen LogP contribution in [0, 0.1) is 11.8 Å². The van der Waals surface area contributed by atoms with Crippen molar-refractivity contribution >= 4 is 46.4 Å². The van der Waals surface area contributed by atoms with Crippen molar-refractivity contribution in [2.45, 2.75) is 0 Å². The summed E-state index contributed by atoms with van der Waals surface area (Å²) in [4.78, 5) is 31.3. The number of rotatable bonds is 4. The zero-order valence-electron chi connectivity index (χ0n) is 30.0. The van der Waals surface area contributed by atoms with Gasteiger partial charge >= 0.3 is 0 Å². The zero-order chi connectivity index (χ0) is 37.3. The Kier molecular flexibility index (Phi) is 8.24. The summed E-state index contributed by atoms with van der Waals surface area (Å²) in [6.45, 7) is 0. The minimum Gasteiger partial charge on any atom is -0.355 e. The van der Waals surface area contributed by atoms with Gasteiger partial charge < -0.3 is 9.97 Å². The Hall–Kier alpha value is -7.95. The number of nitrogens with zero attached hydrogens (tertiary/aromatic N) is 5. The summed E-state index contributed by atoms with van der Waals surface area (Å²) in [7, 11) is 0. The Balaban J connectivity index is 1.27. The smallest absolute Gasteiger partial charge is 0.0816 e. The van der Waals surface area contributed by atoms with Crippen LogP contribution in [0.2, 0.25) is 0 Å². The lowest BCUT2D eigenvalue weighted by molar-refractivity contribution is 1.26. The van der Waals surface area contributed by atoms with Crippen molar-refractivity contribution in [2.24, 2.45) is 0 Å². The molecule has 7 nitrogen and oxygen atoms in total. The molecule has 0 unspecified atom stereocenters. The summed E-state index contributed by atoms with van der Waals surface area (Å²) >= 11 is 0. The van der Waals surface area contributed by atoms with E-state index < -0.39 is 0 Å². The highest BCUT2D eigenvalue weighted by Crippen LogP contribution is 2.34. The average Bonchev–Trinajstić information content (AvgIpc) is 4.10. The number of hydrogen-bond acceptors (Lipinski definition) is 5. The molecule has 2 aliphatic rings. The van der Waals surface area contributed by atoms with Gasteiger partial charge in [0.05, 0.1) is 39.7 Å². The molecule has 262 valence electrons. The zero-order valence-corrected chi connectivity index (χ0v) is 30.0. The minimum absolute atomic E-state index is 0.717. The third kappa shape index (κ3) is 6.38. The second-order valence-corrected chi connectivity index (χ2v) is 13.4. The van der Waals surface area contributed by atoms with Crippen molar-refractivity contribution in [3.8, 4) is 56.6 Å². The van der Waals surface area contributed by atoms with Crippen LogP contribution in [0.3, 0.4) is 0 Å². The molecule has 56 heavy (non-hydrogen) atoms. The maximum Gasteiger partial charge on any atom is 0.0816 e. The third-order valence-electron chi connectivity index (χ3n) is 9.81. The molecule has 8 aromatic rings. The van der Waals surface area contributed by atoms with E-state index in [1.165, 1.54) is 0 Å². The predicted octanol–water partition coefficient (Wildman–Crippen LogP) is 10.9. The van der Waals surface area contributed by atoms with Crippen LogP contribution in [0.15, 0.2) is 152 Å². The Bertz CT molecular complexity index is 2870. The number of pyridine rings is 3. The van der Waals surface area contributed by atoms with Crippen molar-refractivity contribution < 1.29 is 0 Å². The quantitative estimate of drug-likeness (QED) is 0.177. The van der Waals surface area contributed by atoms with E-state index in [1.807, 2.05) is 60.7 Å². The Morgan fingerprint density at radius 2 is 0.857 bits per heavy atom. The lowest BCUT2D eigenvalue weighted by Crippen LogP contribution is -1.93. The van der Waals surface area contributed by atoms with E-state index >= 15 is 0 Å². The van der Waals surface area contributed by atoms with Gasteiger partial charge in [-0.25, -0.2) is 15.0 Å². The van der Waals surface area contributed by atoms with Crippen molar-refractivity contribution in [3.63, 3.8) is 0 Å². The topological polar surface area (TPSA) is 96.0 Å². The molecule has 10 rings (SSSR count). The number of fused-ring (bicyclic) bond motifs is 8. The van der Waals surface area contributed by atoms with Gasteiger partial charge in [-0.1, -0.05) is 72.5 Å². The highest BCUT2D eigenvalue weighted by Gasteiger charge is 2.17. The molecular weight excluding hydrogens is 687 g/mol. The van der Waals surface area contributed by atoms with Crippen LogP contribution in [0.5, 0.6) is 0 Å². The van der Waals surface area contributed by atoms with E-state index in [0.29, 0.717) is 0 Å². The number of hydrogen-bond donors (Lipinski definition) is 2. The van der Waals surface area contributed by atoms with Crippen LogP contribution >= 0.6 is 0 Å². The van der Waals surface area contributed by atoms with Gasteiger partial charge in [0, 0.05) is 74.7 Å². The fourth-order valence-corrected chi connectivity index (χ4v) is 7.16. The van der Waals surface area contributed by atoms with E-state index in [1.54, 1.807) is 24.8 Å². The molecule has 6 aromatic heterocycles. The Morgan fingerprint density at radius 1 is 0.393 bits per heavy atom. The summed E-state index contributed by atoms with van der Waals surface area (Å²) in [5.41, 5.74) is 16.1. The summed E-state index contributed by atoms with van der Waals surface area (Å²) < 4.78 is 0. The molecule has 8 heterocycles. The van der Waals surface area contributed by atoms with Crippen molar-refractivity contribution in [1.29, 1.82) is 0 Å². The monoisotopic (exact) mass is 717 g/mol. The van der Waals surface area contributed by atoms with Gasteiger partial charge in [-0.15, -0.1) is 0 Å². The van der Waals surface area contributed by atoms with Crippen LogP contribution in [-0.4, -0.2) is 34.9 Å². The fraction of sp³-hybridized carbons (Fsp3) is 0. The van der Waals surface area contributed by atoms with Crippen LogP contribution in [0.4, 0.5) is 0 Å². The normalized spacial score (nSPS) is 11.6. The lowest BCUT2D eigenvalue weighted by atomic mass is 10.0. The second-order valence-electron chi connectivity index (χ2n) is 13.4. The highest BCUT2D eigenvalue weighted by molar-refractivity contribution is 5.94. The van der Waals surface area contributed by atoms with E-state index in [9.17, 15) is 0 Å². The molecule has 0 aliphatic carbocycles. The Morgan fingerprint density at radius 3 is 1.34 bits per heavy atom. The molecule has 0 saturated carbocycles. The molecular formula is C49H31N7. The van der Waals surface area contributed by atoms with Gasteiger partial charge in [-0.2, -0.15) is 0 Å². The van der Waals surface area contributed by atoms with Crippen LogP contribution in [-0.2, 0) is 0 Å². The van der Waals surface area contributed by atoms with Gasteiger partial charge in [-0.05, 0) is 102 Å². The molecule has 0 atom stereocenters. The first-order chi connectivity index (χ1) is 27.7. The average molecular weight is 718 g/mol. The molecule has 0 amide bonds. The number of nitrogens with one attached hydrogen (secondary N) is 2. The number of aromatic nitrogens is 7. The first-order valence-electron chi connectivity index (χ1n) is 18.3. The van der Waals surface area contributed by atoms with Crippen LogP contribution < -0.4 is 0 Å². The van der Waals surface area contributed by atoms with E-state index in [-0.39, 0.29) is 0 Å². The van der Waals surface area contributed by atoms with Gasteiger partial charge in [0.1, 0.15) is 0 Å². The summed E-state index contributed by atoms with van der Waals surface area (Å²) in [5.74, 6) is 7.05. The highest BCUT2D eigenvalue weighted by atomic mass is 14.8. The van der Waals surface area contributed by atoms with E-state index in [2.05, 4.69) is 123 Å². The fourth-order valence-electron chi connectivity index (χ4n) is 7.16. The molecule has 2 N–H and O–H groups in total. The van der Waals surface area contributed by atoms with Crippen LogP contribution in [0.25, 0.3) is 91.1 Å². The summed E-state index contributed by atoms with van der Waals surface area (Å²) in [6, 6.07) is 43.1. The van der Waals surface area contributed by atoms with Crippen molar-refractivity contribution in [3.05, 3.63) is 186 Å². The maximum absolute atomic E-state index is 5.29. The largest absolute Gasteiger partial charge is 0.355 e. The maximum atomic E-state index is 5.29. The standard InChI is InChI=1S/C49H31N7/c1-3-7-35(8-4-1)48-42-15-12-37(52-42)31-38-13-16-43(53-38)49(36-9-5-2-6-10-36)45-20-18-41(55-45)39(40-17-19-44(48)54-40)14-11-32-29-46(33-21-25-50-26-22-33)56-47(30-32)34-23-27-51-28-24-34/h1-10,12-13,15-31,52-53H. The SMILES string of the molecule is C(#Cc1c2nc(c(-c3ccccc3)c3ccc(cc4ccc([nH]4)c(-c4ccccc4)c4nc1C=C4)[nH]3)C=C2)c1cc(-c2ccncc2)nc(-c2ccncc2)c1. The van der Waals surface area contributed by atoms with Gasteiger partial charge in [0.25, 0.3) is 0 Å². The predicted molar refractivity (Wildman–Crippen MR) is 226 cm³/mol. The second kappa shape index (κ2) is 14.1. The Labute approximate surface area is 322 Å². The first kappa shape index (κ1) is 32.7. The van der Waals surface area contributed by atoms with Gasteiger partial charge in [-0.3, -0.25) is 9.97 Å². The van der Waals surface area contributed by atoms with Gasteiger partial charge in [0.2, 0.25) is 0 Å². The number of H-pyrrole nitrogens is 2. The third-order valence-corrected chi connectivity index (χ3v) is 9.81. The number of aromatic amines is 2. The van der Waals surface area contributed by atoms with Crippen molar-refractivity contribution in [2.75, 3.05) is 0 Å². The molecule has 2 aliphatic heterocycles. The molecule has 0 radical (unpaired) electrons. The summed E-state index contributed by atoms with van der Waals surface area (Å²) in [5, 5.41) is 0.